The largest absolute Gasteiger partial charge is 0.396 e. The highest BCUT2D eigenvalue weighted by atomic mass is 16.6. The van der Waals surface area contributed by atoms with Crippen molar-refractivity contribution in [1.29, 1.82) is 0 Å². The molecule has 1 saturated carbocycles. The molecule has 0 aromatic heterocycles. The second-order valence-electron chi connectivity index (χ2n) is 9.53. The van der Waals surface area contributed by atoms with Crippen LogP contribution in [0.2, 0.25) is 0 Å². The third-order valence-electron chi connectivity index (χ3n) is 7.55. The van der Waals surface area contributed by atoms with Crippen molar-refractivity contribution in [3.8, 4) is 0 Å². The Morgan fingerprint density at radius 1 is 1.36 bits per heavy atom. The van der Waals surface area contributed by atoms with Gasteiger partial charge in [-0.25, -0.2) is 0 Å². The third-order valence-corrected chi connectivity index (χ3v) is 7.55. The molecule has 1 aliphatic heterocycles. The molecule has 0 aromatic rings. The third kappa shape index (κ3) is 3.81. The maximum absolute atomic E-state index is 10.3. The van der Waals surface area contributed by atoms with Gasteiger partial charge in [-0.15, -0.1) is 0 Å². The molecule has 3 heteroatoms. The molecular formula is C25H38O3. The molecule has 3 rings (SSSR count). The molecule has 8 atom stereocenters. The molecule has 28 heavy (non-hydrogen) atoms. The smallest absolute Gasteiger partial charge is 0.0993 e. The molecule has 0 amide bonds. The Kier molecular flexibility index (Phi) is 6.38. The zero-order valence-electron chi connectivity index (χ0n) is 18.4. The van der Waals surface area contributed by atoms with E-state index >= 15 is 0 Å². The lowest BCUT2D eigenvalue weighted by Gasteiger charge is -2.45. The quantitative estimate of drug-likeness (QED) is 0.391. The predicted octanol–water partition coefficient (Wildman–Crippen LogP) is 4.82. The van der Waals surface area contributed by atoms with E-state index in [4.69, 9.17) is 4.74 Å². The van der Waals surface area contributed by atoms with E-state index in [1.165, 1.54) is 11.1 Å². The Balaban J connectivity index is 1.88. The first-order valence-electron chi connectivity index (χ1n) is 10.8. The molecule has 3 aliphatic rings. The molecular weight excluding hydrogens is 348 g/mol. The van der Waals surface area contributed by atoms with E-state index in [2.05, 4.69) is 52.0 Å². The lowest BCUT2D eigenvalue weighted by atomic mass is 9.57. The van der Waals surface area contributed by atoms with Crippen molar-refractivity contribution in [1.82, 2.24) is 0 Å². The SMILES string of the molecule is CC=C(C)C1C(C=CC=C(C)C(O)C(C)CO)C2CC=C(C)CC2C2OC21C. The van der Waals surface area contributed by atoms with Gasteiger partial charge in [-0.1, -0.05) is 48.5 Å². The van der Waals surface area contributed by atoms with Gasteiger partial charge in [-0.3, -0.25) is 0 Å². The van der Waals surface area contributed by atoms with Crippen molar-refractivity contribution in [2.75, 3.05) is 6.61 Å². The molecule has 0 bridgehead atoms. The van der Waals surface area contributed by atoms with Crippen molar-refractivity contribution in [3.63, 3.8) is 0 Å². The van der Waals surface area contributed by atoms with Gasteiger partial charge in [0.1, 0.15) is 0 Å². The van der Waals surface area contributed by atoms with Crippen LogP contribution >= 0.6 is 0 Å². The lowest BCUT2D eigenvalue weighted by Crippen LogP contribution is -2.46. The summed E-state index contributed by atoms with van der Waals surface area (Å²) >= 11 is 0. The fourth-order valence-corrected chi connectivity index (χ4v) is 5.70. The maximum Gasteiger partial charge on any atom is 0.0993 e. The Morgan fingerprint density at radius 3 is 2.71 bits per heavy atom. The van der Waals surface area contributed by atoms with E-state index in [-0.39, 0.29) is 18.1 Å². The summed E-state index contributed by atoms with van der Waals surface area (Å²) in [5.74, 6) is 1.91. The average Bonchev–Trinajstić information content (AvgIpc) is 3.38. The van der Waals surface area contributed by atoms with E-state index in [1.807, 2.05) is 19.9 Å². The zero-order valence-corrected chi connectivity index (χ0v) is 18.4. The van der Waals surface area contributed by atoms with Gasteiger partial charge < -0.3 is 14.9 Å². The summed E-state index contributed by atoms with van der Waals surface area (Å²) < 4.78 is 6.38. The molecule has 1 heterocycles. The molecule has 0 radical (unpaired) electrons. The molecule has 156 valence electrons. The van der Waals surface area contributed by atoms with Gasteiger partial charge in [-0.05, 0) is 70.8 Å². The van der Waals surface area contributed by atoms with Crippen molar-refractivity contribution in [2.24, 2.45) is 29.6 Å². The van der Waals surface area contributed by atoms with Crippen LogP contribution in [0.15, 0.2) is 47.1 Å². The van der Waals surface area contributed by atoms with E-state index < -0.39 is 6.10 Å². The number of allylic oxidation sites excluding steroid dienone is 6. The van der Waals surface area contributed by atoms with Gasteiger partial charge in [0, 0.05) is 18.4 Å². The maximum atomic E-state index is 10.3. The van der Waals surface area contributed by atoms with Crippen LogP contribution < -0.4 is 0 Å². The topological polar surface area (TPSA) is 53.0 Å². The predicted molar refractivity (Wildman–Crippen MR) is 115 cm³/mol. The number of epoxide rings is 1. The number of fused-ring (bicyclic) bond motifs is 3. The monoisotopic (exact) mass is 386 g/mol. The van der Waals surface area contributed by atoms with Gasteiger partial charge in [0.05, 0.1) is 17.8 Å². The van der Waals surface area contributed by atoms with Crippen LogP contribution in [0.1, 0.15) is 54.4 Å². The summed E-state index contributed by atoms with van der Waals surface area (Å²) in [6, 6.07) is 0. The van der Waals surface area contributed by atoms with Gasteiger partial charge >= 0.3 is 0 Å². The van der Waals surface area contributed by atoms with Crippen molar-refractivity contribution in [2.45, 2.75) is 72.2 Å². The summed E-state index contributed by atoms with van der Waals surface area (Å²) in [6.45, 7) is 12.7. The number of ether oxygens (including phenoxy) is 1. The fourth-order valence-electron chi connectivity index (χ4n) is 5.70. The van der Waals surface area contributed by atoms with Gasteiger partial charge in [0.25, 0.3) is 0 Å². The first-order chi connectivity index (χ1) is 13.2. The van der Waals surface area contributed by atoms with Gasteiger partial charge in [-0.2, -0.15) is 0 Å². The molecule has 0 spiro atoms. The molecule has 0 aromatic carbocycles. The minimum Gasteiger partial charge on any atom is -0.396 e. The Morgan fingerprint density at radius 2 is 2.07 bits per heavy atom. The number of rotatable bonds is 6. The van der Waals surface area contributed by atoms with E-state index in [1.54, 1.807) is 0 Å². The van der Waals surface area contributed by atoms with Crippen LogP contribution in [0, 0.1) is 29.6 Å². The summed E-state index contributed by atoms with van der Waals surface area (Å²) in [5, 5.41) is 19.6. The second-order valence-corrected chi connectivity index (χ2v) is 9.53. The minimum atomic E-state index is -0.601. The van der Waals surface area contributed by atoms with Crippen molar-refractivity contribution >= 4 is 0 Å². The number of aliphatic hydroxyl groups excluding tert-OH is 2. The van der Waals surface area contributed by atoms with Crippen LogP contribution in [0.4, 0.5) is 0 Å². The fraction of sp³-hybridized carbons (Fsp3) is 0.680. The highest BCUT2D eigenvalue weighted by Gasteiger charge is 2.68. The standard InChI is InChI=1S/C25H38O3/c1-7-16(3)22-20(10-8-9-17(4)23(27)18(5)14-26)19-12-11-15(2)13-21(19)24-25(22,6)28-24/h7-11,18-24,26-27H,12-14H2,1-6H3. The second kappa shape index (κ2) is 8.30. The lowest BCUT2D eigenvalue weighted by molar-refractivity contribution is 0.103. The molecule has 2 fully saturated rings. The van der Waals surface area contributed by atoms with Crippen LogP contribution in [-0.4, -0.2) is 34.6 Å². The number of hydrogen-bond acceptors (Lipinski definition) is 3. The minimum absolute atomic E-state index is 0.00618. The van der Waals surface area contributed by atoms with Crippen LogP contribution in [-0.2, 0) is 4.74 Å². The van der Waals surface area contributed by atoms with Gasteiger partial charge in [0.15, 0.2) is 0 Å². The summed E-state index contributed by atoms with van der Waals surface area (Å²) in [5.41, 5.74) is 3.77. The van der Waals surface area contributed by atoms with Crippen LogP contribution in [0.3, 0.4) is 0 Å². The van der Waals surface area contributed by atoms with Crippen LogP contribution in [0.25, 0.3) is 0 Å². The highest BCUT2D eigenvalue weighted by molar-refractivity contribution is 5.30. The first kappa shape index (κ1) is 21.5. The summed E-state index contributed by atoms with van der Waals surface area (Å²) in [4.78, 5) is 0. The van der Waals surface area contributed by atoms with Crippen molar-refractivity contribution in [3.05, 3.63) is 47.1 Å². The van der Waals surface area contributed by atoms with Gasteiger partial charge in [0.2, 0.25) is 0 Å². The van der Waals surface area contributed by atoms with E-state index in [0.29, 0.717) is 29.8 Å². The Bertz CT molecular complexity index is 701. The Labute approximate surface area is 170 Å². The normalized spacial score (nSPS) is 40.6. The molecule has 2 N–H and O–H groups in total. The zero-order chi connectivity index (χ0) is 20.6. The molecule has 1 saturated heterocycles. The van der Waals surface area contributed by atoms with E-state index in [0.717, 1.165) is 18.4 Å². The van der Waals surface area contributed by atoms with Crippen molar-refractivity contribution < 1.29 is 14.9 Å². The summed E-state index contributed by atoms with van der Waals surface area (Å²) in [6.07, 6.45) is 13.2. The number of hydrogen-bond donors (Lipinski definition) is 2. The number of aliphatic hydroxyl groups is 2. The van der Waals surface area contributed by atoms with E-state index in [9.17, 15) is 10.2 Å². The summed E-state index contributed by atoms with van der Waals surface area (Å²) in [7, 11) is 0. The average molecular weight is 387 g/mol. The van der Waals surface area contributed by atoms with Crippen LogP contribution in [0.5, 0.6) is 0 Å². The molecule has 2 aliphatic carbocycles. The Hall–Kier alpha value is -1.16. The molecule has 3 nitrogen and oxygen atoms in total. The first-order valence-corrected chi connectivity index (χ1v) is 10.8. The molecule has 8 unspecified atom stereocenters. The highest BCUT2D eigenvalue weighted by Crippen LogP contribution is 2.63.